The van der Waals surface area contributed by atoms with Crippen molar-refractivity contribution < 1.29 is 4.79 Å². The highest BCUT2D eigenvalue weighted by molar-refractivity contribution is 9.10. The second-order valence-corrected chi connectivity index (χ2v) is 5.66. The Morgan fingerprint density at radius 3 is 2.56 bits per heavy atom. The van der Waals surface area contributed by atoms with Crippen LogP contribution in [0.25, 0.3) is 0 Å². The van der Waals surface area contributed by atoms with Crippen molar-refractivity contribution in [2.75, 3.05) is 19.6 Å². The maximum absolute atomic E-state index is 11.9. The first-order valence-electron chi connectivity index (χ1n) is 6.43. The van der Waals surface area contributed by atoms with Crippen LogP contribution in [0.5, 0.6) is 0 Å². The number of carbonyl (C=O) groups excluding carboxylic acids is 1. The number of benzene rings is 1. The lowest BCUT2D eigenvalue weighted by molar-refractivity contribution is -0.129. The van der Waals surface area contributed by atoms with E-state index in [1.165, 1.54) is 5.56 Å². The van der Waals surface area contributed by atoms with Crippen LogP contribution in [-0.4, -0.2) is 30.4 Å². The molecule has 18 heavy (non-hydrogen) atoms. The number of rotatable bonds is 4. The lowest BCUT2D eigenvalue weighted by Crippen LogP contribution is -2.37. The van der Waals surface area contributed by atoms with Gasteiger partial charge in [0.2, 0.25) is 5.91 Å². The van der Waals surface area contributed by atoms with Gasteiger partial charge < -0.3 is 10.2 Å². The summed E-state index contributed by atoms with van der Waals surface area (Å²) in [4.78, 5) is 13.8. The summed E-state index contributed by atoms with van der Waals surface area (Å²) in [5.41, 5.74) is 1.20. The van der Waals surface area contributed by atoms with Crippen molar-refractivity contribution in [3.05, 3.63) is 34.3 Å². The number of hydrogen-bond acceptors (Lipinski definition) is 2. The topological polar surface area (TPSA) is 32.3 Å². The van der Waals surface area contributed by atoms with Crippen molar-refractivity contribution in [3.63, 3.8) is 0 Å². The molecule has 0 unspecified atom stereocenters. The van der Waals surface area contributed by atoms with E-state index in [0.29, 0.717) is 6.54 Å². The number of halogens is 1. The van der Waals surface area contributed by atoms with Crippen LogP contribution < -0.4 is 5.32 Å². The number of carbonyl (C=O) groups is 1. The second kappa shape index (κ2) is 6.34. The Morgan fingerprint density at radius 1 is 1.33 bits per heavy atom. The van der Waals surface area contributed by atoms with Gasteiger partial charge in [0.05, 0.1) is 6.54 Å². The van der Waals surface area contributed by atoms with Crippen LogP contribution in [0, 0.1) is 0 Å². The molecule has 2 rings (SSSR count). The lowest BCUT2D eigenvalue weighted by Gasteiger charge is -2.18. The molecule has 0 radical (unpaired) electrons. The van der Waals surface area contributed by atoms with Gasteiger partial charge in [-0.1, -0.05) is 28.1 Å². The van der Waals surface area contributed by atoms with Crippen LogP contribution in [0.3, 0.4) is 0 Å². The van der Waals surface area contributed by atoms with Crippen LogP contribution in [0.2, 0.25) is 0 Å². The third kappa shape index (κ3) is 3.56. The van der Waals surface area contributed by atoms with E-state index in [-0.39, 0.29) is 11.9 Å². The summed E-state index contributed by atoms with van der Waals surface area (Å²) >= 11 is 3.42. The van der Waals surface area contributed by atoms with E-state index < -0.39 is 0 Å². The molecule has 0 saturated carbocycles. The summed E-state index contributed by atoms with van der Waals surface area (Å²) in [6.07, 6.45) is 2.29. The summed E-state index contributed by atoms with van der Waals surface area (Å²) in [7, 11) is 0. The van der Waals surface area contributed by atoms with E-state index in [4.69, 9.17) is 0 Å². The SMILES string of the molecule is C[C@H](NCC(=O)N1CCCC1)c1ccc(Br)cc1. The van der Waals surface area contributed by atoms with Gasteiger partial charge in [0.15, 0.2) is 0 Å². The zero-order valence-electron chi connectivity index (χ0n) is 10.7. The van der Waals surface area contributed by atoms with Gasteiger partial charge in [-0.3, -0.25) is 4.79 Å². The van der Waals surface area contributed by atoms with Gasteiger partial charge in [-0.2, -0.15) is 0 Å². The van der Waals surface area contributed by atoms with Gasteiger partial charge in [0, 0.05) is 23.6 Å². The number of likely N-dealkylation sites (tertiary alicyclic amines) is 1. The van der Waals surface area contributed by atoms with E-state index >= 15 is 0 Å². The Kier molecular flexibility index (Phi) is 4.78. The third-order valence-electron chi connectivity index (χ3n) is 3.39. The van der Waals surface area contributed by atoms with Gasteiger partial charge in [-0.05, 0) is 37.5 Å². The zero-order valence-corrected chi connectivity index (χ0v) is 12.2. The second-order valence-electron chi connectivity index (χ2n) is 4.74. The van der Waals surface area contributed by atoms with Crippen LogP contribution in [0.15, 0.2) is 28.7 Å². The van der Waals surface area contributed by atoms with Crippen molar-refractivity contribution in [2.45, 2.75) is 25.8 Å². The minimum absolute atomic E-state index is 0.199. The summed E-state index contributed by atoms with van der Waals surface area (Å²) in [6, 6.07) is 8.39. The summed E-state index contributed by atoms with van der Waals surface area (Å²) in [6.45, 7) is 4.36. The quantitative estimate of drug-likeness (QED) is 0.927. The molecule has 1 N–H and O–H groups in total. The van der Waals surface area contributed by atoms with Crippen molar-refractivity contribution in [1.82, 2.24) is 10.2 Å². The molecule has 1 amide bonds. The Labute approximate surface area is 117 Å². The Morgan fingerprint density at radius 2 is 1.94 bits per heavy atom. The maximum Gasteiger partial charge on any atom is 0.236 e. The highest BCUT2D eigenvalue weighted by atomic mass is 79.9. The molecule has 98 valence electrons. The van der Waals surface area contributed by atoms with Crippen molar-refractivity contribution >= 4 is 21.8 Å². The van der Waals surface area contributed by atoms with Gasteiger partial charge in [0.1, 0.15) is 0 Å². The average Bonchev–Trinajstić information content (AvgIpc) is 2.90. The largest absolute Gasteiger partial charge is 0.342 e. The molecule has 1 aromatic rings. The van der Waals surface area contributed by atoms with E-state index in [9.17, 15) is 4.79 Å². The molecule has 0 aliphatic carbocycles. The minimum Gasteiger partial charge on any atom is -0.342 e. The summed E-state index contributed by atoms with van der Waals surface area (Å²) in [5, 5.41) is 3.29. The fourth-order valence-corrected chi connectivity index (χ4v) is 2.45. The summed E-state index contributed by atoms with van der Waals surface area (Å²) in [5.74, 6) is 0.219. The van der Waals surface area contributed by atoms with Crippen LogP contribution in [0.4, 0.5) is 0 Å². The molecule has 0 bridgehead atoms. The van der Waals surface area contributed by atoms with E-state index in [1.807, 2.05) is 17.0 Å². The van der Waals surface area contributed by atoms with Crippen molar-refractivity contribution in [2.24, 2.45) is 0 Å². The molecule has 1 aliphatic rings. The monoisotopic (exact) mass is 310 g/mol. The van der Waals surface area contributed by atoms with Crippen molar-refractivity contribution in [1.29, 1.82) is 0 Å². The average molecular weight is 311 g/mol. The molecule has 1 saturated heterocycles. The molecule has 4 heteroatoms. The Hall–Kier alpha value is -0.870. The lowest BCUT2D eigenvalue weighted by atomic mass is 10.1. The number of amides is 1. The minimum atomic E-state index is 0.199. The molecule has 1 aliphatic heterocycles. The first-order chi connectivity index (χ1) is 8.66. The molecule has 0 spiro atoms. The molecule has 1 heterocycles. The van der Waals surface area contributed by atoms with Gasteiger partial charge in [-0.25, -0.2) is 0 Å². The van der Waals surface area contributed by atoms with E-state index in [2.05, 4.69) is 40.3 Å². The molecular formula is C14H19BrN2O. The fourth-order valence-electron chi connectivity index (χ4n) is 2.19. The first-order valence-corrected chi connectivity index (χ1v) is 7.23. The predicted octanol–water partition coefficient (Wildman–Crippen LogP) is 2.72. The number of nitrogens with zero attached hydrogens (tertiary/aromatic N) is 1. The smallest absolute Gasteiger partial charge is 0.236 e. The molecule has 1 atom stereocenters. The normalized spacial score (nSPS) is 16.9. The molecule has 1 aromatic carbocycles. The number of hydrogen-bond donors (Lipinski definition) is 1. The molecule has 3 nitrogen and oxygen atoms in total. The Bertz CT molecular complexity index is 399. The zero-order chi connectivity index (χ0) is 13.0. The van der Waals surface area contributed by atoms with E-state index in [1.54, 1.807) is 0 Å². The summed E-state index contributed by atoms with van der Waals surface area (Å²) < 4.78 is 1.08. The van der Waals surface area contributed by atoms with Crippen LogP contribution in [0.1, 0.15) is 31.4 Å². The number of nitrogens with one attached hydrogen (secondary N) is 1. The first kappa shape index (κ1) is 13.6. The van der Waals surface area contributed by atoms with Crippen molar-refractivity contribution in [3.8, 4) is 0 Å². The third-order valence-corrected chi connectivity index (χ3v) is 3.92. The molecular weight excluding hydrogens is 292 g/mol. The van der Waals surface area contributed by atoms with Gasteiger partial charge in [0.25, 0.3) is 0 Å². The highest BCUT2D eigenvalue weighted by Gasteiger charge is 2.18. The van der Waals surface area contributed by atoms with Gasteiger partial charge >= 0.3 is 0 Å². The highest BCUT2D eigenvalue weighted by Crippen LogP contribution is 2.16. The van der Waals surface area contributed by atoms with Crippen LogP contribution >= 0.6 is 15.9 Å². The van der Waals surface area contributed by atoms with E-state index in [0.717, 1.165) is 30.4 Å². The maximum atomic E-state index is 11.9. The van der Waals surface area contributed by atoms with Crippen LogP contribution in [-0.2, 0) is 4.79 Å². The Balaban J connectivity index is 1.82. The predicted molar refractivity (Wildman–Crippen MR) is 76.4 cm³/mol. The fraction of sp³-hybridized carbons (Fsp3) is 0.500. The molecule has 0 aromatic heterocycles. The standard InChI is InChI=1S/C14H19BrN2O/c1-11(12-4-6-13(15)7-5-12)16-10-14(18)17-8-2-3-9-17/h4-7,11,16H,2-3,8-10H2,1H3/t11-/m0/s1. The molecule has 1 fully saturated rings. The van der Waals surface area contributed by atoms with Gasteiger partial charge in [-0.15, -0.1) is 0 Å².